The Hall–Kier alpha value is -3.36. The maximum atomic E-state index is 13.7. The average molecular weight is 505 g/mol. The lowest BCUT2D eigenvalue weighted by Gasteiger charge is -2.30. The van der Waals surface area contributed by atoms with Gasteiger partial charge < -0.3 is 19.1 Å². The Bertz CT molecular complexity index is 1190. The fourth-order valence-electron chi connectivity index (χ4n) is 5.14. The number of amides is 1. The summed E-state index contributed by atoms with van der Waals surface area (Å²) in [6, 6.07) is 15.7. The van der Waals surface area contributed by atoms with E-state index in [-0.39, 0.29) is 11.9 Å². The van der Waals surface area contributed by atoms with E-state index in [1.54, 1.807) is 7.11 Å². The maximum absolute atomic E-state index is 13.7. The SMILES string of the molecule is CCCCOc1cccc(C2c3c(-c4ccc(OC)cc4)n[nH]c3C(=O)N2CCCN2CCOCC2)c1. The number of aromatic amines is 1. The van der Waals surface area contributed by atoms with Crippen LogP contribution >= 0.6 is 0 Å². The summed E-state index contributed by atoms with van der Waals surface area (Å²) in [7, 11) is 1.65. The van der Waals surface area contributed by atoms with Crippen LogP contribution in [0.3, 0.4) is 0 Å². The number of rotatable bonds is 11. The molecule has 0 spiro atoms. The van der Waals surface area contributed by atoms with Crippen LogP contribution in [-0.2, 0) is 4.74 Å². The number of unbranched alkanes of at least 4 members (excludes halogenated alkanes) is 1. The predicted molar refractivity (Wildman–Crippen MR) is 142 cm³/mol. The molecule has 1 amide bonds. The lowest BCUT2D eigenvalue weighted by Crippen LogP contribution is -2.38. The second kappa shape index (κ2) is 11.8. The topological polar surface area (TPSA) is 79.9 Å². The first kappa shape index (κ1) is 25.3. The lowest BCUT2D eigenvalue weighted by atomic mass is 9.96. The van der Waals surface area contributed by atoms with Crippen LogP contribution in [0.5, 0.6) is 11.5 Å². The van der Waals surface area contributed by atoms with Crippen LogP contribution < -0.4 is 9.47 Å². The minimum Gasteiger partial charge on any atom is -0.497 e. The number of carbonyl (C=O) groups is 1. The molecular formula is C29H36N4O4. The number of aromatic nitrogens is 2. The number of hydrogen-bond donors (Lipinski definition) is 1. The zero-order valence-electron chi connectivity index (χ0n) is 21.7. The first-order chi connectivity index (χ1) is 18.2. The number of nitrogens with zero attached hydrogens (tertiary/aromatic N) is 3. The highest BCUT2D eigenvalue weighted by atomic mass is 16.5. The van der Waals surface area contributed by atoms with Crippen molar-refractivity contribution in [2.75, 3.05) is 53.1 Å². The minimum absolute atomic E-state index is 0.00783. The number of nitrogens with one attached hydrogen (secondary N) is 1. The van der Waals surface area contributed by atoms with Crippen molar-refractivity contribution in [1.29, 1.82) is 0 Å². The van der Waals surface area contributed by atoms with Gasteiger partial charge in [0.25, 0.3) is 5.91 Å². The summed E-state index contributed by atoms with van der Waals surface area (Å²) in [4.78, 5) is 18.1. The Balaban J connectivity index is 1.46. The highest BCUT2D eigenvalue weighted by Gasteiger charge is 2.42. The first-order valence-electron chi connectivity index (χ1n) is 13.3. The van der Waals surface area contributed by atoms with E-state index >= 15 is 0 Å². The van der Waals surface area contributed by atoms with E-state index in [4.69, 9.17) is 14.2 Å². The predicted octanol–water partition coefficient (Wildman–Crippen LogP) is 4.53. The number of methoxy groups -OCH3 is 1. The third kappa shape index (κ3) is 5.50. The van der Waals surface area contributed by atoms with Crippen LogP contribution in [0.2, 0.25) is 0 Å². The molecule has 1 saturated heterocycles. The van der Waals surface area contributed by atoms with Crippen molar-refractivity contribution < 1.29 is 19.0 Å². The molecule has 2 aliphatic rings. The minimum atomic E-state index is -0.238. The summed E-state index contributed by atoms with van der Waals surface area (Å²) in [5.41, 5.74) is 4.26. The standard InChI is InChI=1S/C29H36N4O4/c1-3-4-17-37-24-8-5-7-22(20-24)28-25-26(21-9-11-23(35-2)12-10-21)30-31-27(25)29(34)33(28)14-6-13-32-15-18-36-19-16-32/h5,7-12,20,28H,3-4,6,13-19H2,1-2H3,(H,30,31). The van der Waals surface area contributed by atoms with Crippen LogP contribution in [0, 0.1) is 0 Å². The fourth-order valence-corrected chi connectivity index (χ4v) is 5.14. The quantitative estimate of drug-likeness (QED) is 0.387. The van der Waals surface area contributed by atoms with Gasteiger partial charge in [0.15, 0.2) is 0 Å². The van der Waals surface area contributed by atoms with Gasteiger partial charge in [-0.05, 0) is 54.8 Å². The zero-order chi connectivity index (χ0) is 25.6. The molecule has 2 aromatic carbocycles. The number of carbonyl (C=O) groups excluding carboxylic acids is 1. The molecular weight excluding hydrogens is 468 g/mol. The second-order valence-corrected chi connectivity index (χ2v) is 9.57. The molecule has 1 aromatic heterocycles. The van der Waals surface area contributed by atoms with Crippen LogP contribution in [0.15, 0.2) is 48.5 Å². The van der Waals surface area contributed by atoms with E-state index in [0.717, 1.165) is 86.0 Å². The van der Waals surface area contributed by atoms with Crippen molar-refractivity contribution in [3.8, 4) is 22.8 Å². The molecule has 2 aliphatic heterocycles. The number of hydrogen-bond acceptors (Lipinski definition) is 6. The molecule has 1 N–H and O–H groups in total. The van der Waals surface area contributed by atoms with Crippen LogP contribution in [0.1, 0.15) is 53.8 Å². The molecule has 1 fully saturated rings. The summed E-state index contributed by atoms with van der Waals surface area (Å²) in [5, 5.41) is 7.65. The molecule has 3 aromatic rings. The molecule has 3 heterocycles. The molecule has 5 rings (SSSR count). The molecule has 0 radical (unpaired) electrons. The van der Waals surface area contributed by atoms with Gasteiger partial charge in [-0.1, -0.05) is 25.5 Å². The van der Waals surface area contributed by atoms with Crippen LogP contribution in [-0.4, -0.2) is 79.0 Å². The van der Waals surface area contributed by atoms with E-state index < -0.39 is 0 Å². The molecule has 196 valence electrons. The van der Waals surface area contributed by atoms with Crippen molar-refractivity contribution in [3.05, 3.63) is 65.4 Å². The van der Waals surface area contributed by atoms with Gasteiger partial charge in [-0.2, -0.15) is 5.10 Å². The third-order valence-electron chi connectivity index (χ3n) is 7.14. The molecule has 37 heavy (non-hydrogen) atoms. The summed E-state index contributed by atoms with van der Waals surface area (Å²) < 4.78 is 16.8. The second-order valence-electron chi connectivity index (χ2n) is 9.57. The van der Waals surface area contributed by atoms with Gasteiger partial charge >= 0.3 is 0 Å². The van der Waals surface area contributed by atoms with Gasteiger partial charge in [-0.25, -0.2) is 0 Å². The highest BCUT2D eigenvalue weighted by Crippen LogP contribution is 2.43. The summed E-state index contributed by atoms with van der Waals surface area (Å²) in [5.74, 6) is 1.60. The van der Waals surface area contributed by atoms with E-state index in [9.17, 15) is 4.79 Å². The lowest BCUT2D eigenvalue weighted by molar-refractivity contribution is 0.0354. The Morgan fingerprint density at radius 3 is 2.62 bits per heavy atom. The highest BCUT2D eigenvalue weighted by molar-refractivity contribution is 6.00. The largest absolute Gasteiger partial charge is 0.497 e. The Morgan fingerprint density at radius 2 is 1.86 bits per heavy atom. The molecule has 1 atom stereocenters. The van der Waals surface area contributed by atoms with Crippen molar-refractivity contribution >= 4 is 5.91 Å². The van der Waals surface area contributed by atoms with Gasteiger partial charge in [-0.15, -0.1) is 0 Å². The third-order valence-corrected chi connectivity index (χ3v) is 7.14. The monoisotopic (exact) mass is 504 g/mol. The zero-order valence-corrected chi connectivity index (χ0v) is 21.7. The van der Waals surface area contributed by atoms with Gasteiger partial charge in [0, 0.05) is 37.3 Å². The van der Waals surface area contributed by atoms with Gasteiger partial charge in [0.1, 0.15) is 17.2 Å². The van der Waals surface area contributed by atoms with E-state index in [1.807, 2.05) is 41.3 Å². The van der Waals surface area contributed by atoms with E-state index in [2.05, 4.69) is 34.2 Å². The molecule has 0 saturated carbocycles. The van der Waals surface area contributed by atoms with Gasteiger partial charge in [-0.3, -0.25) is 14.8 Å². The average Bonchev–Trinajstić information content (AvgIpc) is 3.48. The number of H-pyrrole nitrogens is 1. The Labute approximate surface area is 218 Å². The molecule has 8 nitrogen and oxygen atoms in total. The number of fused-ring (bicyclic) bond motifs is 1. The Morgan fingerprint density at radius 1 is 1.05 bits per heavy atom. The van der Waals surface area contributed by atoms with Crippen molar-refractivity contribution in [2.24, 2.45) is 0 Å². The number of morpholine rings is 1. The summed E-state index contributed by atoms with van der Waals surface area (Å²) in [6.07, 6.45) is 2.98. The molecule has 0 bridgehead atoms. The smallest absolute Gasteiger partial charge is 0.273 e. The van der Waals surface area contributed by atoms with Crippen LogP contribution in [0.4, 0.5) is 0 Å². The van der Waals surface area contributed by atoms with Crippen molar-refractivity contribution in [1.82, 2.24) is 20.0 Å². The normalized spacial score (nSPS) is 17.7. The van der Waals surface area contributed by atoms with Crippen molar-refractivity contribution in [2.45, 2.75) is 32.2 Å². The molecule has 8 heteroatoms. The fraction of sp³-hybridized carbons (Fsp3) is 0.448. The van der Waals surface area contributed by atoms with Gasteiger partial charge in [0.05, 0.1) is 38.7 Å². The Kier molecular flexibility index (Phi) is 8.06. The summed E-state index contributed by atoms with van der Waals surface area (Å²) >= 11 is 0. The summed E-state index contributed by atoms with van der Waals surface area (Å²) in [6.45, 7) is 7.87. The van der Waals surface area contributed by atoms with E-state index in [1.165, 1.54) is 0 Å². The van der Waals surface area contributed by atoms with E-state index in [0.29, 0.717) is 18.8 Å². The van der Waals surface area contributed by atoms with Gasteiger partial charge in [0.2, 0.25) is 0 Å². The molecule has 0 aliphatic carbocycles. The van der Waals surface area contributed by atoms with Crippen molar-refractivity contribution in [3.63, 3.8) is 0 Å². The number of benzene rings is 2. The number of ether oxygens (including phenoxy) is 3. The van der Waals surface area contributed by atoms with Crippen LogP contribution in [0.25, 0.3) is 11.3 Å². The first-order valence-corrected chi connectivity index (χ1v) is 13.3. The molecule has 1 unspecified atom stereocenters. The maximum Gasteiger partial charge on any atom is 0.273 e.